The summed E-state index contributed by atoms with van der Waals surface area (Å²) in [6, 6.07) is 3.51. The summed E-state index contributed by atoms with van der Waals surface area (Å²) in [7, 11) is 1.23. The molecule has 15 heavy (non-hydrogen) atoms. The van der Waals surface area contributed by atoms with Crippen LogP contribution in [0, 0.1) is 11.3 Å². The lowest BCUT2D eigenvalue weighted by atomic mass is 10.2. The molecule has 0 aliphatic heterocycles. The fourth-order valence-corrected chi connectivity index (χ4v) is 1.30. The zero-order valence-electron chi connectivity index (χ0n) is 7.90. The first-order valence-electron chi connectivity index (χ1n) is 3.98. The van der Waals surface area contributed by atoms with Crippen molar-refractivity contribution in [3.8, 4) is 6.07 Å². The van der Waals surface area contributed by atoms with Crippen molar-refractivity contribution >= 4 is 28.0 Å². The van der Waals surface area contributed by atoms with Gasteiger partial charge in [-0.25, -0.2) is 4.79 Å². The smallest absolute Gasteiger partial charge is 0.348 e. The Morgan fingerprint density at radius 2 is 2.40 bits per heavy atom. The number of hydrogen-bond donors (Lipinski definition) is 0. The van der Waals surface area contributed by atoms with Crippen LogP contribution >= 0.6 is 15.9 Å². The zero-order chi connectivity index (χ0) is 11.3. The number of rotatable bonds is 2. The van der Waals surface area contributed by atoms with Crippen molar-refractivity contribution in [3.63, 3.8) is 0 Å². The zero-order valence-corrected chi connectivity index (χ0v) is 9.48. The van der Waals surface area contributed by atoms with Gasteiger partial charge in [0.1, 0.15) is 11.6 Å². The SMILES string of the molecule is COC(=O)/C(C#N)=C/c1cncc(Br)c1. The number of halogens is 1. The van der Waals surface area contributed by atoms with Crippen LogP contribution in [0.4, 0.5) is 0 Å². The molecule has 1 heterocycles. The molecular weight excluding hydrogens is 260 g/mol. The second-order valence-electron chi connectivity index (χ2n) is 2.60. The number of carbonyl (C=O) groups excluding carboxylic acids is 1. The minimum Gasteiger partial charge on any atom is -0.465 e. The molecule has 4 nitrogen and oxygen atoms in total. The number of esters is 1. The quantitative estimate of drug-likeness (QED) is 0.466. The fourth-order valence-electron chi connectivity index (χ4n) is 0.921. The second-order valence-corrected chi connectivity index (χ2v) is 3.51. The monoisotopic (exact) mass is 266 g/mol. The summed E-state index contributed by atoms with van der Waals surface area (Å²) in [5.74, 6) is -0.655. The van der Waals surface area contributed by atoms with Gasteiger partial charge >= 0.3 is 5.97 Å². The number of hydrogen-bond acceptors (Lipinski definition) is 4. The van der Waals surface area contributed by atoms with Crippen LogP contribution in [0.1, 0.15) is 5.56 Å². The highest BCUT2D eigenvalue weighted by Gasteiger charge is 2.08. The molecule has 0 radical (unpaired) electrons. The maximum Gasteiger partial charge on any atom is 0.348 e. The third-order valence-corrected chi connectivity index (χ3v) is 2.00. The first-order chi connectivity index (χ1) is 7.17. The predicted molar refractivity (Wildman–Crippen MR) is 57.5 cm³/mol. The summed E-state index contributed by atoms with van der Waals surface area (Å²) < 4.78 is 5.22. The Bertz CT molecular complexity index is 449. The molecule has 0 N–H and O–H groups in total. The van der Waals surface area contributed by atoms with Crippen molar-refractivity contribution < 1.29 is 9.53 Å². The van der Waals surface area contributed by atoms with Gasteiger partial charge in [0.2, 0.25) is 0 Å². The highest BCUT2D eigenvalue weighted by molar-refractivity contribution is 9.10. The van der Waals surface area contributed by atoms with Gasteiger partial charge in [0, 0.05) is 16.9 Å². The summed E-state index contributed by atoms with van der Waals surface area (Å²) >= 11 is 3.24. The number of ether oxygens (including phenoxy) is 1. The molecular formula is C10H7BrN2O2. The van der Waals surface area contributed by atoms with E-state index in [4.69, 9.17) is 5.26 Å². The lowest BCUT2D eigenvalue weighted by Crippen LogP contribution is -2.02. The molecule has 0 unspecified atom stereocenters. The molecule has 0 atom stereocenters. The molecule has 1 aromatic heterocycles. The van der Waals surface area contributed by atoms with Crippen LogP contribution < -0.4 is 0 Å². The van der Waals surface area contributed by atoms with Crippen LogP contribution in [0.5, 0.6) is 0 Å². The Labute approximate surface area is 95.3 Å². The van der Waals surface area contributed by atoms with E-state index in [2.05, 4.69) is 25.7 Å². The second kappa shape index (κ2) is 5.27. The van der Waals surface area contributed by atoms with Gasteiger partial charge in [0.15, 0.2) is 0 Å². The van der Waals surface area contributed by atoms with Gasteiger partial charge < -0.3 is 4.74 Å². The van der Waals surface area contributed by atoms with Crippen LogP contribution in [-0.4, -0.2) is 18.1 Å². The summed E-state index contributed by atoms with van der Waals surface area (Å²) in [5, 5.41) is 8.71. The van der Waals surface area contributed by atoms with Crippen molar-refractivity contribution in [2.75, 3.05) is 7.11 Å². The molecule has 0 fully saturated rings. The maximum atomic E-state index is 11.1. The highest BCUT2D eigenvalue weighted by atomic mass is 79.9. The standard InChI is InChI=1S/C10H7BrN2O2/c1-15-10(14)8(4-12)2-7-3-9(11)6-13-5-7/h2-3,5-6H,1H3/b8-2+. The van der Waals surface area contributed by atoms with Gasteiger partial charge in [-0.15, -0.1) is 0 Å². The lowest BCUT2D eigenvalue weighted by molar-refractivity contribution is -0.135. The van der Waals surface area contributed by atoms with Gasteiger partial charge in [-0.2, -0.15) is 5.26 Å². The van der Waals surface area contributed by atoms with Crippen LogP contribution in [0.2, 0.25) is 0 Å². The summed E-state index contributed by atoms with van der Waals surface area (Å²) in [6.07, 6.45) is 4.58. The third kappa shape index (κ3) is 3.18. The number of pyridine rings is 1. The lowest BCUT2D eigenvalue weighted by Gasteiger charge is -1.97. The normalized spacial score (nSPS) is 10.6. The Balaban J connectivity index is 3.05. The van der Waals surface area contributed by atoms with E-state index < -0.39 is 5.97 Å². The van der Waals surface area contributed by atoms with Crippen molar-refractivity contribution in [3.05, 3.63) is 34.1 Å². The van der Waals surface area contributed by atoms with Crippen molar-refractivity contribution in [2.24, 2.45) is 0 Å². The number of nitriles is 1. The molecule has 5 heteroatoms. The van der Waals surface area contributed by atoms with Crippen molar-refractivity contribution in [2.45, 2.75) is 0 Å². The van der Waals surface area contributed by atoms with E-state index in [1.165, 1.54) is 13.2 Å². The molecule has 1 aromatic rings. The van der Waals surface area contributed by atoms with Crippen LogP contribution in [0.3, 0.4) is 0 Å². The van der Waals surface area contributed by atoms with Gasteiger partial charge in [0.25, 0.3) is 0 Å². The molecule has 1 rings (SSSR count). The van der Waals surface area contributed by atoms with Crippen molar-refractivity contribution in [1.29, 1.82) is 5.26 Å². The topological polar surface area (TPSA) is 63.0 Å². The van der Waals surface area contributed by atoms with Crippen molar-refractivity contribution in [1.82, 2.24) is 4.98 Å². The Kier molecular flexibility index (Phi) is 4.01. The summed E-state index contributed by atoms with van der Waals surface area (Å²) in [4.78, 5) is 15.0. The first-order valence-corrected chi connectivity index (χ1v) is 4.77. The largest absolute Gasteiger partial charge is 0.465 e. The Morgan fingerprint density at radius 1 is 1.67 bits per heavy atom. The van der Waals surface area contributed by atoms with Crippen LogP contribution in [-0.2, 0) is 9.53 Å². The number of nitrogens with zero attached hydrogens (tertiary/aromatic N) is 2. The molecule has 0 aliphatic carbocycles. The average molecular weight is 267 g/mol. The van der Waals surface area contributed by atoms with Crippen LogP contribution in [0.25, 0.3) is 6.08 Å². The molecule has 0 aromatic carbocycles. The first kappa shape index (κ1) is 11.4. The van der Waals surface area contributed by atoms with Gasteiger partial charge in [0.05, 0.1) is 7.11 Å². The van der Waals surface area contributed by atoms with E-state index in [-0.39, 0.29) is 5.57 Å². The molecule has 0 saturated heterocycles. The van der Waals surface area contributed by atoms with E-state index in [1.54, 1.807) is 24.5 Å². The van der Waals surface area contributed by atoms with E-state index >= 15 is 0 Å². The molecule has 0 amide bonds. The number of aromatic nitrogens is 1. The molecule has 0 spiro atoms. The maximum absolute atomic E-state index is 11.1. The number of methoxy groups -OCH3 is 1. The minimum absolute atomic E-state index is 0.0580. The number of carbonyl (C=O) groups is 1. The molecule has 76 valence electrons. The van der Waals surface area contributed by atoms with E-state index in [0.29, 0.717) is 5.56 Å². The predicted octanol–water partition coefficient (Wildman–Crippen LogP) is 1.92. The van der Waals surface area contributed by atoms with E-state index in [9.17, 15) is 4.79 Å². The van der Waals surface area contributed by atoms with E-state index in [0.717, 1.165) is 4.47 Å². The van der Waals surface area contributed by atoms with Gasteiger partial charge in [-0.1, -0.05) is 0 Å². The molecule has 0 aliphatic rings. The average Bonchev–Trinajstić information content (AvgIpc) is 2.25. The molecule has 0 saturated carbocycles. The molecule has 0 bridgehead atoms. The Morgan fingerprint density at radius 3 is 2.93 bits per heavy atom. The van der Waals surface area contributed by atoms with Crippen LogP contribution in [0.15, 0.2) is 28.5 Å². The van der Waals surface area contributed by atoms with Gasteiger partial charge in [-0.05, 0) is 33.6 Å². The fraction of sp³-hybridized carbons (Fsp3) is 0.100. The summed E-state index contributed by atoms with van der Waals surface area (Å²) in [6.45, 7) is 0. The minimum atomic E-state index is -0.655. The third-order valence-electron chi connectivity index (χ3n) is 1.56. The van der Waals surface area contributed by atoms with Gasteiger partial charge in [-0.3, -0.25) is 4.98 Å². The highest BCUT2D eigenvalue weighted by Crippen LogP contribution is 2.12. The Hall–Kier alpha value is -1.67. The van der Waals surface area contributed by atoms with E-state index in [1.807, 2.05) is 0 Å². The summed E-state index contributed by atoms with van der Waals surface area (Å²) in [5.41, 5.74) is 0.601.